The predicted molar refractivity (Wildman–Crippen MR) is 106 cm³/mol. The normalized spacial score (nSPS) is 29.1. The monoisotopic (exact) mass is 551 g/mol. The molecule has 6 atom stereocenters. The molecule has 0 amide bonds. The van der Waals surface area contributed by atoms with Gasteiger partial charge in [0.15, 0.2) is 23.6 Å². The first-order chi connectivity index (χ1) is 15.5. The molecule has 2 aromatic heterocycles. The highest BCUT2D eigenvalue weighted by Crippen LogP contribution is 2.66. The summed E-state index contributed by atoms with van der Waals surface area (Å²) >= 11 is 0. The quantitative estimate of drug-likeness (QED) is 0.148. The van der Waals surface area contributed by atoms with Crippen molar-refractivity contribution in [1.29, 1.82) is 0 Å². The van der Waals surface area contributed by atoms with Crippen molar-refractivity contribution >= 4 is 40.6 Å². The number of hydrogen-bond donors (Lipinski definition) is 7. The van der Waals surface area contributed by atoms with E-state index in [0.717, 1.165) is 17.0 Å². The van der Waals surface area contributed by atoms with Crippen molar-refractivity contribution in [2.45, 2.75) is 24.1 Å². The Hall–Kier alpha value is -1.85. The maximum absolute atomic E-state index is 15.0. The molecule has 0 aromatic carbocycles. The Morgan fingerprint density at radius 3 is 2.53 bits per heavy atom. The van der Waals surface area contributed by atoms with Gasteiger partial charge in [0.05, 0.1) is 12.9 Å². The fourth-order valence-electron chi connectivity index (χ4n) is 2.96. The largest absolute Gasteiger partial charge is 0.490 e. The number of aromatic amines is 1. The fraction of sp³-hybridized carbons (Fsp3) is 0.417. The van der Waals surface area contributed by atoms with Gasteiger partial charge in [-0.15, -0.1) is 6.58 Å². The maximum Gasteiger partial charge on any atom is 0.490 e. The third-order valence-electron chi connectivity index (χ3n) is 4.35. The summed E-state index contributed by atoms with van der Waals surface area (Å²) in [4.78, 5) is 57.6. The van der Waals surface area contributed by atoms with E-state index in [9.17, 15) is 33.4 Å². The summed E-state index contributed by atoms with van der Waals surface area (Å²) in [6, 6.07) is 0. The number of fused-ring (bicyclic) bond motifs is 1. The van der Waals surface area contributed by atoms with Gasteiger partial charge in [-0.25, -0.2) is 23.1 Å². The van der Waals surface area contributed by atoms with E-state index >= 15 is 4.39 Å². The molecule has 2 aromatic rings. The van der Waals surface area contributed by atoms with Crippen LogP contribution >= 0.6 is 23.5 Å². The van der Waals surface area contributed by atoms with Gasteiger partial charge in [-0.2, -0.15) is 13.6 Å². The first-order valence-electron chi connectivity index (χ1n) is 8.63. The minimum atomic E-state index is -5.81. The Kier molecular flexibility index (Phi) is 7.07. The highest BCUT2D eigenvalue weighted by molar-refractivity contribution is 7.66. The lowest BCUT2D eigenvalue weighted by atomic mass is 9.97. The second-order valence-corrected chi connectivity index (χ2v) is 11.1. The molecule has 18 nitrogen and oxygen atoms in total. The molecule has 190 valence electrons. The molecule has 1 fully saturated rings. The Bertz CT molecular complexity index is 1310. The van der Waals surface area contributed by atoms with Crippen LogP contribution in [0.15, 0.2) is 23.8 Å². The summed E-state index contributed by atoms with van der Waals surface area (Å²) < 4.78 is 67.1. The minimum Gasteiger partial charge on any atom is -0.386 e. The van der Waals surface area contributed by atoms with Crippen LogP contribution in [0.1, 0.15) is 6.23 Å². The number of alkyl halides is 1. The van der Waals surface area contributed by atoms with Crippen molar-refractivity contribution in [2.24, 2.45) is 0 Å². The van der Waals surface area contributed by atoms with Crippen LogP contribution in [-0.4, -0.2) is 68.7 Å². The van der Waals surface area contributed by atoms with E-state index in [2.05, 4.69) is 34.7 Å². The molecule has 1 aliphatic heterocycles. The van der Waals surface area contributed by atoms with E-state index in [1.165, 1.54) is 0 Å². The number of nitrogens with two attached hydrogens (primary N) is 1. The van der Waals surface area contributed by atoms with Gasteiger partial charge in [0.25, 0.3) is 5.56 Å². The number of phosphoric acid groups is 3. The van der Waals surface area contributed by atoms with E-state index < -0.39 is 59.7 Å². The van der Waals surface area contributed by atoms with Gasteiger partial charge < -0.3 is 35.2 Å². The number of aliphatic hydroxyl groups excluding tert-OH is 1. The number of phosphoric ester groups is 1. The highest BCUT2D eigenvalue weighted by atomic mass is 31.3. The molecule has 0 aliphatic carbocycles. The summed E-state index contributed by atoms with van der Waals surface area (Å²) in [5.41, 5.74) is 1.97. The topological polar surface area (TPSA) is 279 Å². The van der Waals surface area contributed by atoms with Crippen LogP contribution in [0, 0.1) is 0 Å². The van der Waals surface area contributed by atoms with E-state index in [4.69, 9.17) is 20.3 Å². The number of rotatable bonds is 9. The van der Waals surface area contributed by atoms with Crippen LogP contribution in [0.3, 0.4) is 0 Å². The van der Waals surface area contributed by atoms with Crippen LogP contribution in [0.25, 0.3) is 11.2 Å². The first kappa shape index (κ1) is 26.7. The molecule has 0 saturated carbocycles. The Morgan fingerprint density at radius 2 is 1.94 bits per heavy atom. The third kappa shape index (κ3) is 5.52. The van der Waals surface area contributed by atoms with E-state index in [1.807, 2.05) is 0 Å². The molecule has 22 heteroatoms. The average molecular weight is 551 g/mol. The fourth-order valence-corrected chi connectivity index (χ4v) is 6.02. The van der Waals surface area contributed by atoms with Gasteiger partial charge in [0.2, 0.25) is 5.95 Å². The predicted octanol–water partition coefficient (Wildman–Crippen LogP) is -0.802. The Labute approximate surface area is 187 Å². The second-order valence-electron chi connectivity index (χ2n) is 6.70. The van der Waals surface area contributed by atoms with Crippen LogP contribution in [0.5, 0.6) is 0 Å². The highest BCUT2D eigenvalue weighted by Gasteiger charge is 2.56. The Balaban J connectivity index is 1.84. The molecule has 0 radical (unpaired) electrons. The Morgan fingerprint density at radius 1 is 1.29 bits per heavy atom. The maximum atomic E-state index is 15.0. The first-order valence-corrected chi connectivity index (χ1v) is 13.2. The van der Waals surface area contributed by atoms with Crippen LogP contribution in [0.4, 0.5) is 10.3 Å². The number of aromatic nitrogens is 4. The SMILES string of the molecule is C=CC1(COP(=O)(O)OP(=O)(O)OP(=O)(O)O)OC(n2cnc3c(=O)[nH]c(N)nc32)C(F)C1O. The zero-order valence-electron chi connectivity index (χ0n) is 16.4. The lowest BCUT2D eigenvalue weighted by Gasteiger charge is -2.28. The van der Waals surface area contributed by atoms with Crippen molar-refractivity contribution < 1.29 is 60.6 Å². The van der Waals surface area contributed by atoms with E-state index in [-0.39, 0.29) is 17.1 Å². The number of aliphatic hydroxyl groups is 1. The molecule has 3 rings (SSSR count). The number of nitrogens with one attached hydrogen (secondary N) is 1. The number of H-pyrrole nitrogens is 1. The lowest BCUT2D eigenvalue weighted by molar-refractivity contribution is -0.0942. The molecule has 0 bridgehead atoms. The zero-order valence-corrected chi connectivity index (χ0v) is 19.1. The van der Waals surface area contributed by atoms with Gasteiger partial charge in [-0.3, -0.25) is 18.9 Å². The molecule has 1 aliphatic rings. The van der Waals surface area contributed by atoms with Crippen molar-refractivity contribution in [1.82, 2.24) is 19.5 Å². The summed E-state index contributed by atoms with van der Waals surface area (Å²) in [7, 11) is -17.1. The van der Waals surface area contributed by atoms with Crippen molar-refractivity contribution in [3.63, 3.8) is 0 Å². The standard InChI is InChI=1S/C12H17FN5O13P3/c1-2-12(3-28-33(24,25)31-34(26,27)30-32(21,22)23)7(19)5(13)10(29-12)18-4-15-6-8(18)16-11(14)17-9(6)20/h2,4-5,7,10,19H,1,3H2,(H,24,25)(H,26,27)(H2,21,22,23)(H3,14,16,17,20). The van der Waals surface area contributed by atoms with Gasteiger partial charge in [0.1, 0.15) is 11.7 Å². The van der Waals surface area contributed by atoms with Gasteiger partial charge in [0, 0.05) is 0 Å². The summed E-state index contributed by atoms with van der Waals surface area (Å²) in [6.07, 6.45) is -4.40. The molecule has 6 unspecified atom stereocenters. The number of anilines is 1. The van der Waals surface area contributed by atoms with Crippen LogP contribution in [0.2, 0.25) is 0 Å². The number of imidazole rings is 1. The average Bonchev–Trinajstić information content (AvgIpc) is 3.18. The molecule has 3 heterocycles. The van der Waals surface area contributed by atoms with E-state index in [1.54, 1.807) is 0 Å². The van der Waals surface area contributed by atoms with Crippen molar-refractivity contribution in [2.75, 3.05) is 12.3 Å². The number of hydrogen-bond acceptors (Lipinski definition) is 12. The number of nitrogen functional groups attached to an aromatic ring is 1. The number of nitrogens with zero attached hydrogens (tertiary/aromatic N) is 3. The zero-order chi connectivity index (χ0) is 25.7. The summed E-state index contributed by atoms with van der Waals surface area (Å²) in [5, 5.41) is 10.4. The van der Waals surface area contributed by atoms with Crippen molar-refractivity contribution in [3.05, 3.63) is 29.3 Å². The number of ether oxygens (including phenoxy) is 1. The van der Waals surface area contributed by atoms with Crippen molar-refractivity contribution in [3.8, 4) is 0 Å². The summed E-state index contributed by atoms with van der Waals surface area (Å²) in [6.45, 7) is 2.12. The lowest BCUT2D eigenvalue weighted by Crippen LogP contribution is -2.44. The molecule has 8 N–H and O–H groups in total. The molecule has 0 spiro atoms. The molecular weight excluding hydrogens is 534 g/mol. The molecule has 34 heavy (non-hydrogen) atoms. The van der Waals surface area contributed by atoms with Crippen LogP contribution < -0.4 is 11.3 Å². The number of halogens is 1. The van der Waals surface area contributed by atoms with Crippen LogP contribution in [-0.2, 0) is 31.6 Å². The summed E-state index contributed by atoms with van der Waals surface area (Å²) in [5.74, 6) is -0.337. The molecular formula is C12H17FN5O13P3. The smallest absolute Gasteiger partial charge is 0.386 e. The molecule has 1 saturated heterocycles. The van der Waals surface area contributed by atoms with Gasteiger partial charge >= 0.3 is 23.5 Å². The van der Waals surface area contributed by atoms with Gasteiger partial charge in [-0.05, 0) is 0 Å². The second kappa shape index (κ2) is 8.98. The third-order valence-corrected chi connectivity index (χ3v) is 8.14. The van der Waals surface area contributed by atoms with Gasteiger partial charge in [-0.1, -0.05) is 6.08 Å². The van der Waals surface area contributed by atoms with E-state index in [0.29, 0.717) is 0 Å². The minimum absolute atomic E-state index is 0.228.